The molecule has 0 aliphatic heterocycles. The molecule has 2 rings (SSSR count). The summed E-state index contributed by atoms with van der Waals surface area (Å²) >= 11 is 0. The van der Waals surface area contributed by atoms with E-state index in [0.29, 0.717) is 5.56 Å². The van der Waals surface area contributed by atoms with Gasteiger partial charge in [0.05, 0.1) is 0 Å². The number of amides is 1. The first-order valence-electron chi connectivity index (χ1n) is 6.76. The highest BCUT2D eigenvalue weighted by atomic mass is 16.1. The summed E-state index contributed by atoms with van der Waals surface area (Å²) in [4.78, 5) is 16.1. The number of anilines is 2. The van der Waals surface area contributed by atoms with Crippen molar-refractivity contribution >= 4 is 17.3 Å². The number of aryl methyl sites for hydroxylation is 1. The minimum atomic E-state index is -0.101. The van der Waals surface area contributed by atoms with Crippen LogP contribution < -0.4 is 10.6 Å². The van der Waals surface area contributed by atoms with E-state index in [1.165, 1.54) is 0 Å². The van der Waals surface area contributed by atoms with Crippen molar-refractivity contribution in [2.24, 2.45) is 0 Å². The third-order valence-electron chi connectivity index (χ3n) is 2.99. The van der Waals surface area contributed by atoms with E-state index < -0.39 is 0 Å². The van der Waals surface area contributed by atoms with Crippen LogP contribution in [0.5, 0.6) is 0 Å². The summed E-state index contributed by atoms with van der Waals surface area (Å²) in [7, 11) is 0. The first-order chi connectivity index (χ1) is 9.70. The van der Waals surface area contributed by atoms with Crippen LogP contribution in [0.3, 0.4) is 0 Å². The molecule has 0 unspecified atom stereocenters. The van der Waals surface area contributed by atoms with Gasteiger partial charge in [0.15, 0.2) is 0 Å². The van der Waals surface area contributed by atoms with Gasteiger partial charge in [-0.25, -0.2) is 0 Å². The molecule has 0 aliphatic rings. The van der Waals surface area contributed by atoms with E-state index in [1.807, 2.05) is 25.1 Å². The Kier molecular flexibility index (Phi) is 4.71. The lowest BCUT2D eigenvalue weighted by atomic mass is 10.1. The maximum absolute atomic E-state index is 12.2. The van der Waals surface area contributed by atoms with Gasteiger partial charge >= 0.3 is 0 Å². The molecular weight excluding hydrogens is 250 g/mol. The summed E-state index contributed by atoms with van der Waals surface area (Å²) in [5, 5.41) is 6.17. The summed E-state index contributed by atoms with van der Waals surface area (Å²) in [5.41, 5.74) is 3.43. The van der Waals surface area contributed by atoms with Crippen LogP contribution in [0.15, 0.2) is 42.7 Å². The van der Waals surface area contributed by atoms with Gasteiger partial charge in [0.2, 0.25) is 0 Å². The second kappa shape index (κ2) is 6.70. The van der Waals surface area contributed by atoms with Crippen molar-refractivity contribution in [2.75, 3.05) is 17.2 Å². The van der Waals surface area contributed by atoms with Crippen molar-refractivity contribution < 1.29 is 4.79 Å². The molecule has 0 atom stereocenters. The number of pyridine rings is 1. The summed E-state index contributed by atoms with van der Waals surface area (Å²) in [6.07, 6.45) is 4.38. The average molecular weight is 269 g/mol. The zero-order chi connectivity index (χ0) is 14.4. The smallest absolute Gasteiger partial charge is 0.255 e. The Morgan fingerprint density at radius 3 is 2.55 bits per heavy atom. The number of aromatic nitrogens is 1. The monoisotopic (exact) mass is 269 g/mol. The normalized spacial score (nSPS) is 10.1. The highest BCUT2D eigenvalue weighted by molar-refractivity contribution is 6.05. The maximum Gasteiger partial charge on any atom is 0.255 e. The highest BCUT2D eigenvalue weighted by Gasteiger charge is 2.09. The second-order valence-electron chi connectivity index (χ2n) is 4.65. The van der Waals surface area contributed by atoms with Crippen LogP contribution in [0, 0.1) is 6.92 Å². The number of hydrogen-bond acceptors (Lipinski definition) is 3. The van der Waals surface area contributed by atoms with Gasteiger partial charge in [0.25, 0.3) is 5.91 Å². The Balaban J connectivity index is 2.10. The molecule has 2 aromatic rings. The largest absolute Gasteiger partial charge is 0.385 e. The topological polar surface area (TPSA) is 54.0 Å². The van der Waals surface area contributed by atoms with Gasteiger partial charge in [-0.15, -0.1) is 0 Å². The lowest BCUT2D eigenvalue weighted by Gasteiger charge is -2.10. The SMILES string of the molecule is CCCNc1ccc(C(=O)Nc2ccncc2)c(C)c1. The van der Waals surface area contributed by atoms with E-state index in [4.69, 9.17) is 0 Å². The number of nitrogens with one attached hydrogen (secondary N) is 2. The minimum absolute atomic E-state index is 0.101. The fourth-order valence-electron chi connectivity index (χ4n) is 1.93. The third kappa shape index (κ3) is 3.57. The summed E-state index contributed by atoms with van der Waals surface area (Å²) < 4.78 is 0. The fourth-order valence-corrected chi connectivity index (χ4v) is 1.93. The number of carbonyl (C=O) groups excluding carboxylic acids is 1. The van der Waals surface area contributed by atoms with Crippen LogP contribution >= 0.6 is 0 Å². The van der Waals surface area contributed by atoms with Crippen LogP contribution in [0.1, 0.15) is 29.3 Å². The molecule has 1 aromatic carbocycles. The molecule has 0 radical (unpaired) electrons. The Bertz CT molecular complexity index is 582. The van der Waals surface area contributed by atoms with Crippen LogP contribution in [-0.4, -0.2) is 17.4 Å². The van der Waals surface area contributed by atoms with Crippen molar-refractivity contribution in [3.8, 4) is 0 Å². The molecule has 0 saturated carbocycles. The molecule has 1 heterocycles. The van der Waals surface area contributed by atoms with Gasteiger partial charge in [-0.3, -0.25) is 9.78 Å². The van der Waals surface area contributed by atoms with Gasteiger partial charge in [-0.05, 0) is 49.2 Å². The molecule has 4 heteroatoms. The maximum atomic E-state index is 12.2. The van der Waals surface area contributed by atoms with E-state index in [-0.39, 0.29) is 5.91 Å². The predicted octanol–water partition coefficient (Wildman–Crippen LogP) is 3.46. The molecule has 20 heavy (non-hydrogen) atoms. The van der Waals surface area contributed by atoms with Crippen LogP contribution in [0.4, 0.5) is 11.4 Å². The molecule has 1 amide bonds. The predicted molar refractivity (Wildman–Crippen MR) is 82.1 cm³/mol. The van der Waals surface area contributed by atoms with Crippen LogP contribution in [-0.2, 0) is 0 Å². The first-order valence-corrected chi connectivity index (χ1v) is 6.76. The highest BCUT2D eigenvalue weighted by Crippen LogP contribution is 2.17. The average Bonchev–Trinajstić information content (AvgIpc) is 2.46. The molecule has 0 aliphatic carbocycles. The number of hydrogen-bond donors (Lipinski definition) is 2. The minimum Gasteiger partial charge on any atom is -0.385 e. The fraction of sp³-hybridized carbons (Fsp3) is 0.250. The molecule has 0 bridgehead atoms. The van der Waals surface area contributed by atoms with Crippen molar-refractivity contribution in [2.45, 2.75) is 20.3 Å². The lowest BCUT2D eigenvalue weighted by molar-refractivity contribution is 0.102. The number of nitrogens with zero attached hydrogens (tertiary/aromatic N) is 1. The van der Waals surface area contributed by atoms with E-state index in [1.54, 1.807) is 24.5 Å². The number of carbonyl (C=O) groups is 1. The Labute approximate surface area is 119 Å². The number of rotatable bonds is 5. The second-order valence-corrected chi connectivity index (χ2v) is 4.65. The molecule has 4 nitrogen and oxygen atoms in total. The van der Waals surface area contributed by atoms with Crippen LogP contribution in [0.2, 0.25) is 0 Å². The lowest BCUT2D eigenvalue weighted by Crippen LogP contribution is -2.13. The molecule has 104 valence electrons. The Hall–Kier alpha value is -2.36. The molecule has 2 N–H and O–H groups in total. The van der Waals surface area contributed by atoms with Gasteiger partial charge in [-0.1, -0.05) is 6.92 Å². The van der Waals surface area contributed by atoms with E-state index in [9.17, 15) is 4.79 Å². The van der Waals surface area contributed by atoms with Crippen molar-refractivity contribution in [1.82, 2.24) is 4.98 Å². The van der Waals surface area contributed by atoms with Gasteiger partial charge in [0, 0.05) is 35.9 Å². The summed E-state index contributed by atoms with van der Waals surface area (Å²) in [6.45, 7) is 5.00. The summed E-state index contributed by atoms with van der Waals surface area (Å²) in [6, 6.07) is 9.32. The van der Waals surface area contributed by atoms with Crippen molar-refractivity contribution in [3.05, 3.63) is 53.9 Å². The van der Waals surface area contributed by atoms with Gasteiger partial charge in [-0.2, -0.15) is 0 Å². The van der Waals surface area contributed by atoms with E-state index >= 15 is 0 Å². The molecule has 0 fully saturated rings. The Morgan fingerprint density at radius 2 is 1.90 bits per heavy atom. The molecular formula is C16H19N3O. The van der Waals surface area contributed by atoms with Gasteiger partial charge in [0.1, 0.15) is 0 Å². The summed E-state index contributed by atoms with van der Waals surface area (Å²) in [5.74, 6) is -0.101. The quantitative estimate of drug-likeness (QED) is 0.874. The molecule has 0 spiro atoms. The number of benzene rings is 1. The molecule has 0 saturated heterocycles. The van der Waals surface area contributed by atoms with Gasteiger partial charge < -0.3 is 10.6 Å². The van der Waals surface area contributed by atoms with Crippen LogP contribution in [0.25, 0.3) is 0 Å². The van der Waals surface area contributed by atoms with E-state index in [0.717, 1.165) is 29.9 Å². The first kappa shape index (κ1) is 14.1. The standard InChI is InChI=1S/C16H19N3O/c1-3-8-18-14-4-5-15(12(2)11-14)16(20)19-13-6-9-17-10-7-13/h4-7,9-11,18H,3,8H2,1-2H3,(H,17,19,20). The van der Waals surface area contributed by atoms with Crippen molar-refractivity contribution in [3.63, 3.8) is 0 Å². The molecule has 1 aromatic heterocycles. The zero-order valence-electron chi connectivity index (χ0n) is 11.8. The Morgan fingerprint density at radius 1 is 1.15 bits per heavy atom. The zero-order valence-corrected chi connectivity index (χ0v) is 11.8. The van der Waals surface area contributed by atoms with E-state index in [2.05, 4.69) is 22.5 Å². The third-order valence-corrected chi connectivity index (χ3v) is 2.99. The van der Waals surface area contributed by atoms with Crippen molar-refractivity contribution in [1.29, 1.82) is 0 Å².